The van der Waals surface area contributed by atoms with Crippen molar-refractivity contribution in [2.75, 3.05) is 0 Å². The molecule has 1 atom stereocenters. The SMILES string of the molecule is Cc1nccnc1C(C)NCc1ccccc1OC(F)F. The number of hydrogen-bond acceptors (Lipinski definition) is 4. The molecule has 2 aromatic rings. The number of ether oxygens (including phenoxy) is 1. The first kappa shape index (κ1) is 15.3. The zero-order valence-electron chi connectivity index (χ0n) is 11.9. The number of hydrogen-bond donors (Lipinski definition) is 1. The van der Waals surface area contributed by atoms with Crippen LogP contribution in [-0.4, -0.2) is 16.6 Å². The zero-order chi connectivity index (χ0) is 15.2. The molecule has 1 aromatic carbocycles. The van der Waals surface area contributed by atoms with Gasteiger partial charge in [0.05, 0.1) is 11.4 Å². The van der Waals surface area contributed by atoms with Gasteiger partial charge in [-0.2, -0.15) is 8.78 Å². The van der Waals surface area contributed by atoms with Gasteiger partial charge in [-0.3, -0.25) is 9.97 Å². The van der Waals surface area contributed by atoms with E-state index in [0.717, 1.165) is 11.4 Å². The van der Waals surface area contributed by atoms with Crippen molar-refractivity contribution in [2.24, 2.45) is 0 Å². The lowest BCUT2D eigenvalue weighted by Gasteiger charge is -2.16. The molecule has 0 aliphatic heterocycles. The van der Waals surface area contributed by atoms with Gasteiger partial charge in [-0.05, 0) is 19.9 Å². The standard InChI is InChI=1S/C15H17F2N3O/c1-10-14(19-8-7-18-10)11(2)20-9-12-5-3-4-6-13(12)21-15(16)17/h3-8,11,15,20H,9H2,1-2H3. The maximum absolute atomic E-state index is 12.4. The highest BCUT2D eigenvalue weighted by Crippen LogP contribution is 2.21. The van der Waals surface area contributed by atoms with Gasteiger partial charge in [0.1, 0.15) is 5.75 Å². The van der Waals surface area contributed by atoms with Crippen LogP contribution in [-0.2, 0) is 6.54 Å². The summed E-state index contributed by atoms with van der Waals surface area (Å²) in [4.78, 5) is 8.47. The molecule has 1 aromatic heterocycles. The minimum absolute atomic E-state index is 0.0432. The predicted octanol–water partition coefficient (Wildman–Crippen LogP) is 3.24. The number of rotatable bonds is 6. The van der Waals surface area contributed by atoms with Crippen LogP contribution in [0.2, 0.25) is 0 Å². The van der Waals surface area contributed by atoms with Crippen LogP contribution >= 0.6 is 0 Å². The Hall–Kier alpha value is -2.08. The monoisotopic (exact) mass is 293 g/mol. The van der Waals surface area contributed by atoms with E-state index < -0.39 is 6.61 Å². The van der Waals surface area contributed by atoms with Gasteiger partial charge in [0.2, 0.25) is 0 Å². The summed E-state index contributed by atoms with van der Waals surface area (Å²) in [7, 11) is 0. The van der Waals surface area contributed by atoms with Crippen molar-refractivity contribution >= 4 is 0 Å². The first-order chi connectivity index (χ1) is 10.1. The van der Waals surface area contributed by atoms with Crippen LogP contribution in [0.25, 0.3) is 0 Å². The van der Waals surface area contributed by atoms with E-state index in [-0.39, 0.29) is 11.8 Å². The molecule has 112 valence electrons. The molecule has 0 aliphatic carbocycles. The van der Waals surface area contributed by atoms with E-state index in [1.54, 1.807) is 30.6 Å². The van der Waals surface area contributed by atoms with Crippen molar-refractivity contribution in [3.05, 3.63) is 53.6 Å². The lowest BCUT2D eigenvalue weighted by molar-refractivity contribution is -0.0505. The first-order valence-electron chi connectivity index (χ1n) is 6.61. The van der Waals surface area contributed by atoms with Crippen LogP contribution < -0.4 is 10.1 Å². The van der Waals surface area contributed by atoms with Crippen molar-refractivity contribution in [1.82, 2.24) is 15.3 Å². The molecule has 1 heterocycles. The number of para-hydroxylation sites is 1. The maximum atomic E-state index is 12.4. The minimum atomic E-state index is -2.83. The molecular weight excluding hydrogens is 276 g/mol. The summed E-state index contributed by atoms with van der Waals surface area (Å²) in [6, 6.07) is 6.69. The van der Waals surface area contributed by atoms with Crippen LogP contribution in [0.15, 0.2) is 36.7 Å². The number of aryl methyl sites for hydroxylation is 1. The fraction of sp³-hybridized carbons (Fsp3) is 0.333. The number of nitrogens with one attached hydrogen (secondary N) is 1. The third kappa shape index (κ3) is 4.19. The summed E-state index contributed by atoms with van der Waals surface area (Å²) in [5.74, 6) is 0.183. The molecule has 2 rings (SSSR count). The molecule has 1 N–H and O–H groups in total. The Bertz CT molecular complexity index is 593. The third-order valence-electron chi connectivity index (χ3n) is 3.12. The van der Waals surface area contributed by atoms with E-state index in [1.807, 2.05) is 13.8 Å². The van der Waals surface area contributed by atoms with E-state index >= 15 is 0 Å². The number of benzene rings is 1. The van der Waals surface area contributed by atoms with Gasteiger partial charge in [-0.15, -0.1) is 0 Å². The van der Waals surface area contributed by atoms with Crippen molar-refractivity contribution in [3.8, 4) is 5.75 Å². The summed E-state index contributed by atoms with van der Waals surface area (Å²) < 4.78 is 29.2. The highest BCUT2D eigenvalue weighted by atomic mass is 19.3. The molecule has 0 radical (unpaired) electrons. The van der Waals surface area contributed by atoms with E-state index in [2.05, 4.69) is 20.0 Å². The average Bonchev–Trinajstić information content (AvgIpc) is 2.46. The second-order valence-electron chi connectivity index (χ2n) is 4.62. The fourth-order valence-corrected chi connectivity index (χ4v) is 2.06. The molecule has 21 heavy (non-hydrogen) atoms. The molecule has 0 aliphatic rings. The second kappa shape index (κ2) is 7.08. The van der Waals surface area contributed by atoms with Gasteiger partial charge >= 0.3 is 6.61 Å². The molecule has 0 fully saturated rings. The Balaban J connectivity index is 2.05. The zero-order valence-corrected chi connectivity index (χ0v) is 11.9. The summed E-state index contributed by atoms with van der Waals surface area (Å²) in [6.07, 6.45) is 3.27. The van der Waals surface area contributed by atoms with Gasteiger partial charge in [-0.25, -0.2) is 0 Å². The number of nitrogens with zero attached hydrogens (tertiary/aromatic N) is 2. The highest BCUT2D eigenvalue weighted by molar-refractivity contribution is 5.33. The molecule has 0 saturated heterocycles. The summed E-state index contributed by atoms with van der Waals surface area (Å²) >= 11 is 0. The van der Waals surface area contributed by atoms with Gasteiger partial charge in [0, 0.05) is 30.5 Å². The molecule has 1 unspecified atom stereocenters. The maximum Gasteiger partial charge on any atom is 0.387 e. The Morgan fingerprint density at radius 2 is 1.90 bits per heavy atom. The highest BCUT2D eigenvalue weighted by Gasteiger charge is 2.13. The third-order valence-corrected chi connectivity index (χ3v) is 3.12. The van der Waals surface area contributed by atoms with Crippen molar-refractivity contribution in [3.63, 3.8) is 0 Å². The Labute approximate surface area is 122 Å². The normalized spacial score (nSPS) is 12.4. The van der Waals surface area contributed by atoms with Crippen LogP contribution in [0.5, 0.6) is 5.75 Å². The smallest absolute Gasteiger partial charge is 0.387 e. The summed E-state index contributed by atoms with van der Waals surface area (Å²) in [5.41, 5.74) is 2.35. The molecule has 0 bridgehead atoms. The largest absolute Gasteiger partial charge is 0.434 e. The van der Waals surface area contributed by atoms with E-state index in [1.165, 1.54) is 6.07 Å². The number of halogens is 2. The van der Waals surface area contributed by atoms with Crippen LogP contribution in [0, 0.1) is 6.92 Å². The van der Waals surface area contributed by atoms with Gasteiger partial charge in [0.15, 0.2) is 0 Å². The van der Waals surface area contributed by atoms with Gasteiger partial charge in [0.25, 0.3) is 0 Å². The van der Waals surface area contributed by atoms with Gasteiger partial charge in [-0.1, -0.05) is 18.2 Å². The van der Waals surface area contributed by atoms with Gasteiger partial charge < -0.3 is 10.1 Å². The average molecular weight is 293 g/mol. The topological polar surface area (TPSA) is 47.0 Å². The predicted molar refractivity (Wildman–Crippen MR) is 75.1 cm³/mol. The lowest BCUT2D eigenvalue weighted by Crippen LogP contribution is -2.21. The molecule has 0 saturated carbocycles. The minimum Gasteiger partial charge on any atom is -0.434 e. The summed E-state index contributed by atoms with van der Waals surface area (Å²) in [5, 5.41) is 3.24. The Morgan fingerprint density at radius 3 is 2.62 bits per heavy atom. The quantitative estimate of drug-likeness (QED) is 0.888. The fourth-order valence-electron chi connectivity index (χ4n) is 2.06. The molecule has 4 nitrogen and oxygen atoms in total. The molecule has 6 heteroatoms. The van der Waals surface area contributed by atoms with Crippen LogP contribution in [0.1, 0.15) is 29.9 Å². The Kier molecular flexibility index (Phi) is 5.16. The first-order valence-corrected chi connectivity index (χ1v) is 6.61. The van der Waals surface area contributed by atoms with Crippen molar-refractivity contribution in [2.45, 2.75) is 33.0 Å². The Morgan fingerprint density at radius 1 is 1.19 bits per heavy atom. The van der Waals surface area contributed by atoms with E-state index in [4.69, 9.17) is 0 Å². The van der Waals surface area contributed by atoms with Crippen molar-refractivity contribution < 1.29 is 13.5 Å². The van der Waals surface area contributed by atoms with Crippen molar-refractivity contribution in [1.29, 1.82) is 0 Å². The van der Waals surface area contributed by atoms with Crippen LogP contribution in [0.4, 0.5) is 8.78 Å². The van der Waals surface area contributed by atoms with E-state index in [0.29, 0.717) is 12.1 Å². The number of aromatic nitrogens is 2. The summed E-state index contributed by atoms with van der Waals surface area (Å²) in [6.45, 7) is 1.41. The second-order valence-corrected chi connectivity index (χ2v) is 4.62. The lowest BCUT2D eigenvalue weighted by atomic mass is 10.1. The molecule has 0 amide bonds. The van der Waals surface area contributed by atoms with E-state index in [9.17, 15) is 8.78 Å². The van der Waals surface area contributed by atoms with Crippen LogP contribution in [0.3, 0.4) is 0 Å². The number of alkyl halides is 2. The molecular formula is C15H17F2N3O. The molecule has 0 spiro atoms.